The number of methoxy groups -OCH3 is 1. The lowest BCUT2D eigenvalue weighted by molar-refractivity contribution is 0.0988. The summed E-state index contributed by atoms with van der Waals surface area (Å²) in [5.74, 6) is 1.79. The summed E-state index contributed by atoms with van der Waals surface area (Å²) < 4.78 is 32.2. The Morgan fingerprint density at radius 3 is 2.47 bits per heavy atom. The molecule has 3 heterocycles. The van der Waals surface area contributed by atoms with Crippen molar-refractivity contribution in [3.8, 4) is 17.1 Å². The Labute approximate surface area is 220 Å². The van der Waals surface area contributed by atoms with Crippen LogP contribution in [0.2, 0.25) is 0 Å². The van der Waals surface area contributed by atoms with E-state index in [2.05, 4.69) is 30.7 Å². The average molecular weight is 534 g/mol. The first-order valence-corrected chi connectivity index (χ1v) is 13.6. The van der Waals surface area contributed by atoms with E-state index in [-0.39, 0.29) is 15.9 Å². The topological polar surface area (TPSA) is 141 Å². The van der Waals surface area contributed by atoms with Crippen molar-refractivity contribution < 1.29 is 17.9 Å². The fraction of sp³-hybridized carbons (Fsp3) is 0.269. The van der Waals surface area contributed by atoms with Crippen LogP contribution in [0.4, 0.5) is 23.0 Å². The molecule has 0 amide bonds. The number of hydrogen-bond acceptors (Lipinski definition) is 10. The molecule has 1 aliphatic carbocycles. The van der Waals surface area contributed by atoms with Crippen molar-refractivity contribution in [1.29, 1.82) is 0 Å². The molecule has 12 heteroatoms. The fourth-order valence-corrected chi connectivity index (χ4v) is 5.60. The maximum absolute atomic E-state index is 12.7. The van der Waals surface area contributed by atoms with E-state index in [1.807, 2.05) is 18.2 Å². The Hall–Kier alpha value is -4.32. The second kappa shape index (κ2) is 10.2. The first-order chi connectivity index (χ1) is 18.3. The van der Waals surface area contributed by atoms with E-state index < -0.39 is 9.84 Å². The average Bonchev–Trinajstić information content (AvgIpc) is 3.70. The van der Waals surface area contributed by atoms with Crippen LogP contribution in [0.1, 0.15) is 36.5 Å². The first-order valence-electron chi connectivity index (χ1n) is 12.1. The molecule has 196 valence electrons. The highest BCUT2D eigenvalue weighted by Crippen LogP contribution is 2.38. The van der Waals surface area contributed by atoms with E-state index in [4.69, 9.17) is 4.74 Å². The molecule has 0 aliphatic heterocycles. The molecule has 0 bridgehead atoms. The molecule has 38 heavy (non-hydrogen) atoms. The van der Waals surface area contributed by atoms with Crippen LogP contribution in [-0.4, -0.2) is 51.3 Å². The minimum Gasteiger partial charge on any atom is -0.494 e. The van der Waals surface area contributed by atoms with Crippen LogP contribution in [0.25, 0.3) is 11.4 Å². The van der Waals surface area contributed by atoms with Crippen molar-refractivity contribution >= 4 is 38.6 Å². The van der Waals surface area contributed by atoms with Gasteiger partial charge in [-0.1, -0.05) is 13.0 Å². The summed E-state index contributed by atoms with van der Waals surface area (Å²) in [6, 6.07) is 10.4. The third-order valence-electron chi connectivity index (χ3n) is 6.14. The highest BCUT2D eigenvalue weighted by atomic mass is 32.2. The second-order valence-corrected chi connectivity index (χ2v) is 11.1. The van der Waals surface area contributed by atoms with Crippen LogP contribution in [0.15, 0.2) is 60.0 Å². The van der Waals surface area contributed by atoms with Gasteiger partial charge in [0.15, 0.2) is 27.2 Å². The van der Waals surface area contributed by atoms with Gasteiger partial charge in [-0.3, -0.25) is 9.48 Å². The van der Waals surface area contributed by atoms with E-state index in [0.29, 0.717) is 65.0 Å². The zero-order valence-corrected chi connectivity index (χ0v) is 22.0. The van der Waals surface area contributed by atoms with E-state index in [9.17, 15) is 13.2 Å². The Morgan fingerprint density at radius 1 is 1.05 bits per heavy atom. The van der Waals surface area contributed by atoms with E-state index >= 15 is 0 Å². The lowest BCUT2D eigenvalue weighted by atomic mass is 10.1. The fourth-order valence-electron chi connectivity index (χ4n) is 4.00. The Balaban J connectivity index is 1.46. The van der Waals surface area contributed by atoms with E-state index in [1.54, 1.807) is 50.3 Å². The molecule has 0 saturated heterocycles. The number of Topliss-reactive ketones (excluding diaryl/α,β-unsaturated/α-hetero) is 1. The molecule has 3 aromatic heterocycles. The molecule has 2 N–H and O–H groups in total. The molecule has 1 fully saturated rings. The Bertz CT molecular complexity index is 1600. The van der Waals surface area contributed by atoms with E-state index in [1.165, 1.54) is 12.4 Å². The number of carbonyl (C=O) groups is 1. The quantitative estimate of drug-likeness (QED) is 0.283. The van der Waals surface area contributed by atoms with Crippen LogP contribution in [-0.2, 0) is 16.9 Å². The molecule has 1 aromatic carbocycles. The maximum atomic E-state index is 12.7. The number of ketones is 1. The van der Waals surface area contributed by atoms with Crippen molar-refractivity contribution in [2.45, 2.75) is 36.3 Å². The maximum Gasteiger partial charge on any atom is 0.184 e. The van der Waals surface area contributed by atoms with Gasteiger partial charge < -0.3 is 15.4 Å². The number of pyridine rings is 2. The predicted octanol–water partition coefficient (Wildman–Crippen LogP) is 4.30. The molecule has 0 unspecified atom stereocenters. The number of para-hydroxylation sites is 1. The molecular formula is C26H27N7O4S. The van der Waals surface area contributed by atoms with E-state index in [0.717, 1.165) is 0 Å². The Kier molecular flexibility index (Phi) is 6.81. The van der Waals surface area contributed by atoms with Gasteiger partial charge in [0.25, 0.3) is 0 Å². The lowest BCUT2D eigenvalue weighted by Crippen LogP contribution is -2.08. The highest BCUT2D eigenvalue weighted by molar-refractivity contribution is 7.92. The number of carbonyl (C=O) groups excluding carboxylic acids is 1. The second-order valence-electron chi connectivity index (χ2n) is 8.89. The zero-order valence-electron chi connectivity index (χ0n) is 21.2. The van der Waals surface area contributed by atoms with Gasteiger partial charge in [0, 0.05) is 31.9 Å². The van der Waals surface area contributed by atoms with Crippen LogP contribution in [0.3, 0.4) is 0 Å². The number of aryl methyl sites for hydroxylation is 1. The van der Waals surface area contributed by atoms with Gasteiger partial charge in [-0.25, -0.2) is 23.4 Å². The standard InChI is InChI=1S/C26H27N7O4S/c1-4-22(34)19-14-28-24(31-23-11-10-17(13-27-23)38(35,36)16-8-9-16)12-21(19)30-20-7-5-6-18(25(20)37-3)26-29-15-33(2)32-26/h5-7,10-16H,4,8-9H2,1-3H3,(H2,27,28,30,31). The van der Waals surface area contributed by atoms with Crippen molar-refractivity contribution in [2.24, 2.45) is 7.05 Å². The smallest absolute Gasteiger partial charge is 0.184 e. The summed E-state index contributed by atoms with van der Waals surface area (Å²) >= 11 is 0. The number of hydrogen-bond donors (Lipinski definition) is 2. The molecule has 5 rings (SSSR count). The number of sulfone groups is 1. The number of nitrogens with zero attached hydrogens (tertiary/aromatic N) is 5. The van der Waals surface area contributed by atoms with Gasteiger partial charge in [-0.15, -0.1) is 0 Å². The number of anilines is 4. The van der Waals surface area contributed by atoms with Crippen molar-refractivity contribution in [3.05, 3.63) is 60.7 Å². The van der Waals surface area contributed by atoms with Crippen molar-refractivity contribution in [3.63, 3.8) is 0 Å². The number of benzene rings is 1. The number of rotatable bonds is 10. The highest BCUT2D eigenvalue weighted by Gasteiger charge is 2.37. The van der Waals surface area contributed by atoms with Crippen LogP contribution < -0.4 is 15.4 Å². The van der Waals surface area contributed by atoms with Gasteiger partial charge in [0.1, 0.15) is 18.0 Å². The number of aromatic nitrogens is 5. The number of nitrogens with one attached hydrogen (secondary N) is 2. The van der Waals surface area contributed by atoms with Crippen molar-refractivity contribution in [1.82, 2.24) is 24.7 Å². The van der Waals surface area contributed by atoms with Gasteiger partial charge in [0.2, 0.25) is 0 Å². The minimum atomic E-state index is -3.32. The summed E-state index contributed by atoms with van der Waals surface area (Å²) in [5, 5.41) is 10.5. The SMILES string of the molecule is CCC(=O)c1cnc(Nc2ccc(S(=O)(=O)C3CC3)cn2)cc1Nc1cccc(-c2ncn(C)n2)c1OC. The van der Waals surface area contributed by atoms with Gasteiger partial charge >= 0.3 is 0 Å². The lowest BCUT2D eigenvalue weighted by Gasteiger charge is -2.17. The molecule has 0 radical (unpaired) electrons. The third kappa shape index (κ3) is 5.07. The van der Waals surface area contributed by atoms with Crippen LogP contribution in [0, 0.1) is 0 Å². The normalized spacial score (nSPS) is 13.2. The minimum absolute atomic E-state index is 0.0826. The summed E-state index contributed by atoms with van der Waals surface area (Å²) in [7, 11) is 0.0250. The number of ether oxygens (including phenoxy) is 1. The molecular weight excluding hydrogens is 506 g/mol. The zero-order chi connectivity index (χ0) is 26.9. The van der Waals surface area contributed by atoms with Gasteiger partial charge in [-0.05, 0) is 37.1 Å². The molecule has 1 aliphatic rings. The first kappa shape index (κ1) is 25.3. The third-order valence-corrected chi connectivity index (χ3v) is 8.39. The molecule has 0 spiro atoms. The summed E-state index contributed by atoms with van der Waals surface area (Å²) in [5.41, 5.74) is 2.25. The summed E-state index contributed by atoms with van der Waals surface area (Å²) in [6.45, 7) is 1.79. The summed E-state index contributed by atoms with van der Waals surface area (Å²) in [4.78, 5) is 25.9. The molecule has 4 aromatic rings. The van der Waals surface area contributed by atoms with Crippen LogP contribution in [0.5, 0.6) is 5.75 Å². The van der Waals surface area contributed by atoms with Gasteiger partial charge in [0.05, 0.1) is 39.8 Å². The Morgan fingerprint density at radius 2 is 1.84 bits per heavy atom. The van der Waals surface area contributed by atoms with Crippen LogP contribution >= 0.6 is 0 Å². The monoisotopic (exact) mass is 533 g/mol. The largest absolute Gasteiger partial charge is 0.494 e. The molecule has 0 atom stereocenters. The van der Waals surface area contributed by atoms with Crippen molar-refractivity contribution in [2.75, 3.05) is 17.7 Å². The predicted molar refractivity (Wildman–Crippen MR) is 143 cm³/mol. The molecule has 11 nitrogen and oxygen atoms in total. The summed E-state index contributed by atoms with van der Waals surface area (Å²) in [6.07, 6.45) is 6.14. The molecule has 1 saturated carbocycles. The van der Waals surface area contributed by atoms with Gasteiger partial charge in [-0.2, -0.15) is 5.10 Å².